The molecule has 4 heterocycles. The molecule has 8 N–H and O–H groups in total. The Bertz CT molecular complexity index is 3250. The molecule has 0 radical (unpaired) electrons. The van der Waals surface area contributed by atoms with E-state index in [1.54, 1.807) is 48.3 Å². The molecule has 0 aromatic heterocycles. The van der Waals surface area contributed by atoms with Crippen molar-refractivity contribution in [3.8, 4) is 23.6 Å². The zero-order valence-corrected chi connectivity index (χ0v) is 54.6. The summed E-state index contributed by atoms with van der Waals surface area (Å²) in [7, 11) is -3.80. The van der Waals surface area contributed by atoms with E-state index in [1.807, 2.05) is 24.3 Å². The Morgan fingerprint density at radius 2 is 1.09 bits per heavy atom. The Labute approximate surface area is 544 Å². The monoisotopic (exact) mass is 1310 g/mol. The average molecular weight is 1310 g/mol. The summed E-state index contributed by atoms with van der Waals surface area (Å²) in [5.74, 6) is 1.32. The number of carbonyl (C=O) groups is 2. The van der Waals surface area contributed by atoms with E-state index in [-0.39, 0.29) is 47.3 Å². The molecule has 4 aromatic carbocycles. The van der Waals surface area contributed by atoms with Crippen molar-refractivity contribution < 1.29 is 37.0 Å². The summed E-state index contributed by atoms with van der Waals surface area (Å²) in [4.78, 5) is 35.3. The SMILES string of the molecule is C[C@@H]1CN([C@H]2Cc3c(C#N)cc(Cl)cc3[C@@H]2Oc2ccc(SN[C@H]3CCN(CCOCCNC(=O)NCCCCNC(=O)NCCOCCN4CC[C@H](NS(=O)(=O)c5ccc(O[C@H]6c7cc(Cl)cc(C#N)c7C[C@@H]6N6CCN[C@H](C)C6)cc5)C4)C3)cc2)CCN1. The summed E-state index contributed by atoms with van der Waals surface area (Å²) in [5.41, 5.74) is 5.06. The fourth-order valence-corrected chi connectivity index (χ4v) is 15.6. The van der Waals surface area contributed by atoms with E-state index in [9.17, 15) is 28.5 Å². The van der Waals surface area contributed by atoms with Crippen molar-refractivity contribution in [1.82, 2.24) is 60.9 Å². The second kappa shape index (κ2) is 32.9. The van der Waals surface area contributed by atoms with Gasteiger partial charge in [-0.05, 0) is 172 Å². The molecule has 6 aliphatic rings. The molecule has 90 heavy (non-hydrogen) atoms. The predicted molar refractivity (Wildman–Crippen MR) is 348 cm³/mol. The number of ether oxygens (including phenoxy) is 4. The zero-order chi connectivity index (χ0) is 63.0. The molecule has 486 valence electrons. The molecule has 4 fully saturated rings. The number of fused-ring (bicyclic) bond motifs is 2. The minimum absolute atomic E-state index is 0.00364. The number of sulfonamides is 1. The molecule has 0 spiro atoms. The summed E-state index contributed by atoms with van der Waals surface area (Å²) < 4.78 is 58.5. The van der Waals surface area contributed by atoms with Gasteiger partial charge in [-0.15, -0.1) is 0 Å². The van der Waals surface area contributed by atoms with E-state index in [2.05, 4.69) is 99.1 Å². The maximum Gasteiger partial charge on any atom is 0.314 e. The Morgan fingerprint density at radius 1 is 0.622 bits per heavy atom. The molecule has 4 saturated heterocycles. The van der Waals surface area contributed by atoms with Crippen LogP contribution in [0.4, 0.5) is 9.59 Å². The minimum Gasteiger partial charge on any atom is -0.484 e. The highest BCUT2D eigenvalue weighted by Gasteiger charge is 2.43. The first-order valence-corrected chi connectivity index (χ1v) is 34.8. The number of unbranched alkanes of at least 4 members (excludes halogenated alkanes) is 1. The van der Waals surface area contributed by atoms with Gasteiger partial charge in [0.25, 0.3) is 0 Å². The third-order valence-corrected chi connectivity index (χ3v) is 20.6. The summed E-state index contributed by atoms with van der Waals surface area (Å²) >= 11 is 14.6. The van der Waals surface area contributed by atoms with Gasteiger partial charge >= 0.3 is 12.1 Å². The number of nitrogens with zero attached hydrogens (tertiary/aromatic N) is 6. The molecule has 4 amide bonds. The highest BCUT2D eigenvalue weighted by Crippen LogP contribution is 2.43. The lowest BCUT2D eigenvalue weighted by molar-refractivity contribution is 0.0594. The van der Waals surface area contributed by atoms with E-state index in [0.717, 1.165) is 111 Å². The maximum atomic E-state index is 13.5. The van der Waals surface area contributed by atoms with E-state index in [4.69, 9.17) is 42.1 Å². The van der Waals surface area contributed by atoms with Crippen molar-refractivity contribution in [2.24, 2.45) is 0 Å². The third kappa shape index (κ3) is 18.6. The van der Waals surface area contributed by atoms with Crippen LogP contribution in [0.25, 0.3) is 0 Å². The van der Waals surface area contributed by atoms with Crippen LogP contribution in [-0.4, -0.2) is 207 Å². The zero-order valence-electron chi connectivity index (χ0n) is 51.5. The number of nitriles is 2. The maximum absolute atomic E-state index is 13.5. The van der Waals surface area contributed by atoms with Crippen LogP contribution >= 0.6 is 35.1 Å². The van der Waals surface area contributed by atoms with Crippen molar-refractivity contribution in [3.05, 3.63) is 116 Å². The first kappa shape index (κ1) is 67.4. The van der Waals surface area contributed by atoms with Crippen LogP contribution < -0.4 is 50.8 Å². The van der Waals surface area contributed by atoms with Crippen LogP contribution in [0.3, 0.4) is 0 Å². The Hall–Kier alpha value is -5.52. The molecule has 8 atom stereocenters. The molecule has 26 heteroatoms. The number of hydrogen-bond donors (Lipinski definition) is 8. The number of piperazine rings is 2. The third-order valence-electron chi connectivity index (χ3n) is 17.7. The molecule has 0 saturated carbocycles. The van der Waals surface area contributed by atoms with E-state index in [0.29, 0.717) is 136 Å². The standard InChI is InChI=1S/C64H86Cl2N14O8S2/c1-43-39-79(23-17-69-43)59-35-55-45(37-67)31-47(65)33-57(55)61(59)87-51-5-9-53(10-6-51)89-75-49-13-21-77(41-49)25-29-85-27-19-73-63(81)71-15-3-4-16-72-64(82)74-20-28-86-30-26-78-22-14-50(42-78)76-90(83,84)54-11-7-52(8-12-54)88-62-58-34-48(66)32-46(38-68)56(58)36-60(62)80-24-18-70-44(2)40-80/h5-12,31-34,43-44,49-50,59-62,69-70,75-76H,3-4,13-30,35-36,39-42H2,1-2H3,(H2,71,73,81)(H2,72,74,82)/t43-,44-,49+,50+,59+,60+,61+,62+/m1/s1. The minimum atomic E-state index is -3.80. The van der Waals surface area contributed by atoms with Gasteiger partial charge in [0.05, 0.1) is 66.7 Å². The normalized spacial score (nSPS) is 23.8. The van der Waals surface area contributed by atoms with Gasteiger partial charge in [0.2, 0.25) is 10.0 Å². The summed E-state index contributed by atoms with van der Waals surface area (Å²) in [6.45, 7) is 17.8. The Kier molecular flexibility index (Phi) is 24.6. The number of amides is 4. The Morgan fingerprint density at radius 3 is 1.58 bits per heavy atom. The van der Waals surface area contributed by atoms with Gasteiger partial charge in [0.1, 0.15) is 23.7 Å². The van der Waals surface area contributed by atoms with Crippen LogP contribution in [0.2, 0.25) is 10.0 Å². The number of likely N-dealkylation sites (tertiary alicyclic amines) is 2. The Balaban J connectivity index is 0.515. The van der Waals surface area contributed by atoms with Gasteiger partial charge in [-0.3, -0.25) is 24.3 Å². The van der Waals surface area contributed by atoms with Crippen molar-refractivity contribution in [2.75, 3.05) is 131 Å². The number of hydrogen-bond acceptors (Lipinski definition) is 18. The van der Waals surface area contributed by atoms with Crippen molar-refractivity contribution in [2.45, 2.75) is 111 Å². The van der Waals surface area contributed by atoms with Crippen molar-refractivity contribution >= 4 is 57.2 Å². The number of carbonyl (C=O) groups excluding carboxylic acids is 2. The highest BCUT2D eigenvalue weighted by molar-refractivity contribution is 7.97. The van der Waals surface area contributed by atoms with Gasteiger partial charge in [0.15, 0.2) is 0 Å². The van der Waals surface area contributed by atoms with Crippen LogP contribution in [0.1, 0.15) is 85.1 Å². The first-order valence-electron chi connectivity index (χ1n) is 31.7. The fourth-order valence-electron chi connectivity index (χ4n) is 13.1. The average Bonchev–Trinajstić information content (AvgIpc) is 1.71. The lowest BCUT2D eigenvalue weighted by Gasteiger charge is -2.38. The lowest BCUT2D eigenvalue weighted by atomic mass is 10.0. The van der Waals surface area contributed by atoms with Crippen molar-refractivity contribution in [1.29, 1.82) is 10.5 Å². The number of halogens is 2. The molecule has 2 aliphatic carbocycles. The summed E-state index contributed by atoms with van der Waals surface area (Å²) in [6, 6.07) is 27.1. The van der Waals surface area contributed by atoms with Crippen LogP contribution in [0, 0.1) is 22.7 Å². The molecular weight excluding hydrogens is 1230 g/mol. The quantitative estimate of drug-likeness (QED) is 0.0245. The first-order chi connectivity index (χ1) is 43.7. The van der Waals surface area contributed by atoms with E-state index in [1.165, 1.54) is 0 Å². The van der Waals surface area contributed by atoms with E-state index < -0.39 is 10.0 Å². The second-order valence-corrected chi connectivity index (χ2v) is 27.7. The number of urea groups is 2. The van der Waals surface area contributed by atoms with Gasteiger partial charge in [-0.2, -0.15) is 10.5 Å². The van der Waals surface area contributed by atoms with Gasteiger partial charge < -0.3 is 50.8 Å². The lowest BCUT2D eigenvalue weighted by Crippen LogP contribution is -2.54. The molecule has 10 rings (SSSR count). The number of nitrogens with one attached hydrogen (secondary N) is 8. The van der Waals surface area contributed by atoms with Crippen molar-refractivity contribution in [3.63, 3.8) is 0 Å². The second-order valence-electron chi connectivity index (χ2n) is 24.2. The predicted octanol–water partition coefficient (Wildman–Crippen LogP) is 5.55. The van der Waals surface area contributed by atoms with Gasteiger partial charge in [-0.25, -0.2) is 22.7 Å². The molecule has 22 nitrogen and oxygen atoms in total. The molecule has 4 aromatic rings. The van der Waals surface area contributed by atoms with Gasteiger partial charge in [0, 0.05) is 131 Å². The van der Waals surface area contributed by atoms with E-state index >= 15 is 0 Å². The topological polar surface area (TPSA) is 262 Å². The summed E-state index contributed by atoms with van der Waals surface area (Å²) in [6.07, 6.45) is 3.92. The van der Waals surface area contributed by atoms with Crippen LogP contribution in [-0.2, 0) is 32.3 Å². The largest absolute Gasteiger partial charge is 0.484 e. The molecule has 4 aliphatic heterocycles. The van der Waals surface area contributed by atoms with Crippen LogP contribution in [0.15, 0.2) is 82.6 Å². The molecule has 0 bridgehead atoms. The number of rotatable bonds is 29. The molecular formula is C64H86Cl2N14O8S2. The highest BCUT2D eigenvalue weighted by atomic mass is 35.5. The number of benzene rings is 4. The molecule has 0 unspecified atom stereocenters. The summed E-state index contributed by atoms with van der Waals surface area (Å²) in [5, 5.41) is 39.2. The van der Waals surface area contributed by atoms with Crippen LogP contribution in [0.5, 0.6) is 11.5 Å². The fraction of sp³-hybridized carbons (Fsp3) is 0.562. The smallest absolute Gasteiger partial charge is 0.314 e. The van der Waals surface area contributed by atoms with Gasteiger partial charge in [-0.1, -0.05) is 23.2 Å².